The van der Waals surface area contributed by atoms with E-state index in [0.29, 0.717) is 0 Å². The van der Waals surface area contributed by atoms with Crippen LogP contribution in [0.25, 0.3) is 22.3 Å². The van der Waals surface area contributed by atoms with Crippen molar-refractivity contribution in [3.05, 3.63) is 40.6 Å². The molecule has 0 aliphatic heterocycles. The van der Waals surface area contributed by atoms with Crippen molar-refractivity contribution in [2.75, 3.05) is 0 Å². The number of carbonyl (C=O) groups is 5. The Hall–Kier alpha value is -5.04. The van der Waals surface area contributed by atoms with Crippen LogP contribution in [0.5, 0.6) is 28.7 Å². The number of hydrogen-bond acceptors (Lipinski definition) is 13. The highest BCUT2D eigenvalue weighted by Crippen LogP contribution is 2.40. The average Bonchev–Trinajstić information content (AvgIpc) is 2.80. The number of nitrogens with two attached hydrogens (primary N) is 1. The van der Waals surface area contributed by atoms with Gasteiger partial charge in [-0.1, -0.05) is 0 Å². The molecule has 0 fully saturated rings. The molecule has 0 radical (unpaired) electrons. The van der Waals surface area contributed by atoms with Crippen molar-refractivity contribution in [1.82, 2.24) is 0 Å². The lowest BCUT2D eigenvalue weighted by Gasteiger charge is -2.15. The molecule has 13 nitrogen and oxygen atoms in total. The molecule has 0 saturated heterocycles. The Labute approximate surface area is 220 Å². The highest BCUT2D eigenvalue weighted by atomic mass is 16.6. The lowest BCUT2D eigenvalue weighted by molar-refractivity contribution is -0.137. The molecule has 1 heterocycles. The van der Waals surface area contributed by atoms with Gasteiger partial charge in [0, 0.05) is 45.4 Å². The van der Waals surface area contributed by atoms with Crippen LogP contribution >= 0.6 is 0 Å². The lowest BCUT2D eigenvalue weighted by atomic mass is 10.1. The van der Waals surface area contributed by atoms with Crippen LogP contribution < -0.4 is 34.8 Å². The first kappa shape index (κ1) is 28.5. The van der Waals surface area contributed by atoms with Gasteiger partial charge < -0.3 is 33.8 Å². The highest BCUT2D eigenvalue weighted by Gasteiger charge is 2.25. The van der Waals surface area contributed by atoms with Crippen molar-refractivity contribution >= 4 is 40.8 Å². The molecule has 39 heavy (non-hydrogen) atoms. The van der Waals surface area contributed by atoms with Gasteiger partial charge in [0.1, 0.15) is 28.5 Å². The Balaban J connectivity index is 2.36. The minimum atomic E-state index is -1.03. The summed E-state index contributed by atoms with van der Waals surface area (Å²) in [5, 5.41) is -0.291. The van der Waals surface area contributed by atoms with Crippen molar-refractivity contribution in [3.63, 3.8) is 0 Å². The Bertz CT molecular complexity index is 1570. The summed E-state index contributed by atoms with van der Waals surface area (Å²) in [7, 11) is 0. The van der Waals surface area contributed by atoms with Crippen LogP contribution in [0.1, 0.15) is 34.6 Å². The SMILES string of the molecule is CC(=O)Oc1cc(OC(C)=O)c2c(=O)c(OC(C)=O)c(-c3ccc(OC(C)=O)c(OC(=O)[C@@H](C)N)c3)oc2c1. The molecule has 0 unspecified atom stereocenters. The second-order valence-corrected chi connectivity index (χ2v) is 8.13. The predicted octanol–water partition coefficient (Wildman–Crippen LogP) is 2.41. The van der Waals surface area contributed by atoms with E-state index >= 15 is 0 Å². The zero-order chi connectivity index (χ0) is 29.0. The largest absolute Gasteiger partial charge is 0.452 e. The fourth-order valence-electron chi connectivity index (χ4n) is 3.30. The Morgan fingerprint density at radius 2 is 1.33 bits per heavy atom. The second kappa shape index (κ2) is 11.6. The first-order valence-electron chi connectivity index (χ1n) is 11.3. The molecule has 0 aliphatic rings. The number of fused-ring (bicyclic) bond motifs is 1. The monoisotopic (exact) mass is 541 g/mol. The molecule has 3 aromatic rings. The molecule has 2 aromatic carbocycles. The summed E-state index contributed by atoms with van der Waals surface area (Å²) in [5.41, 5.74) is 4.49. The van der Waals surface area contributed by atoms with Gasteiger partial charge in [0.15, 0.2) is 17.3 Å². The predicted molar refractivity (Wildman–Crippen MR) is 132 cm³/mol. The first-order chi connectivity index (χ1) is 18.3. The third kappa shape index (κ3) is 6.84. The molecule has 1 atom stereocenters. The van der Waals surface area contributed by atoms with E-state index in [9.17, 15) is 28.8 Å². The minimum absolute atomic E-state index is 0.0422. The third-order valence-electron chi connectivity index (χ3n) is 4.69. The van der Waals surface area contributed by atoms with E-state index in [1.165, 1.54) is 31.2 Å². The van der Waals surface area contributed by atoms with E-state index in [1.807, 2.05) is 0 Å². The van der Waals surface area contributed by atoms with Crippen molar-refractivity contribution in [2.24, 2.45) is 5.73 Å². The Kier molecular flexibility index (Phi) is 8.46. The summed E-state index contributed by atoms with van der Waals surface area (Å²) in [6, 6.07) is 5.06. The van der Waals surface area contributed by atoms with E-state index in [1.54, 1.807) is 0 Å². The number of ether oxygens (including phenoxy) is 5. The molecular formula is C26H23NO12. The van der Waals surface area contributed by atoms with Crippen LogP contribution in [0.4, 0.5) is 0 Å². The number of esters is 5. The zero-order valence-corrected chi connectivity index (χ0v) is 21.4. The molecule has 0 spiro atoms. The summed E-state index contributed by atoms with van der Waals surface area (Å²) in [6.45, 7) is 5.78. The van der Waals surface area contributed by atoms with E-state index in [-0.39, 0.29) is 45.3 Å². The molecule has 3 rings (SSSR count). The minimum Gasteiger partial charge on any atom is -0.452 e. The van der Waals surface area contributed by atoms with Crippen LogP contribution in [0, 0.1) is 0 Å². The van der Waals surface area contributed by atoms with Crippen molar-refractivity contribution in [1.29, 1.82) is 0 Å². The molecule has 0 amide bonds. The van der Waals surface area contributed by atoms with E-state index in [0.717, 1.165) is 33.8 Å². The Morgan fingerprint density at radius 3 is 1.90 bits per heavy atom. The summed E-state index contributed by atoms with van der Waals surface area (Å²) in [5.74, 6) is -5.70. The maximum atomic E-state index is 13.6. The first-order valence-corrected chi connectivity index (χ1v) is 11.3. The number of rotatable bonds is 7. The summed E-state index contributed by atoms with van der Waals surface area (Å²) >= 11 is 0. The molecule has 0 bridgehead atoms. The van der Waals surface area contributed by atoms with Crippen LogP contribution in [0.3, 0.4) is 0 Å². The van der Waals surface area contributed by atoms with Gasteiger partial charge in [-0.3, -0.25) is 24.0 Å². The Morgan fingerprint density at radius 1 is 0.744 bits per heavy atom. The van der Waals surface area contributed by atoms with Crippen LogP contribution in [0.2, 0.25) is 0 Å². The number of carbonyl (C=O) groups excluding carboxylic acids is 5. The van der Waals surface area contributed by atoms with Gasteiger partial charge in [0.25, 0.3) is 0 Å². The van der Waals surface area contributed by atoms with Gasteiger partial charge in [0.05, 0.1) is 0 Å². The van der Waals surface area contributed by atoms with Gasteiger partial charge in [0.2, 0.25) is 11.2 Å². The number of hydrogen-bond donors (Lipinski definition) is 1. The van der Waals surface area contributed by atoms with E-state index in [2.05, 4.69) is 0 Å². The normalized spacial score (nSPS) is 11.3. The van der Waals surface area contributed by atoms with Crippen LogP contribution in [0.15, 0.2) is 39.5 Å². The molecule has 2 N–H and O–H groups in total. The van der Waals surface area contributed by atoms with Crippen LogP contribution in [-0.4, -0.2) is 35.9 Å². The van der Waals surface area contributed by atoms with Crippen LogP contribution in [-0.2, 0) is 24.0 Å². The summed E-state index contributed by atoms with van der Waals surface area (Å²) in [4.78, 5) is 72.4. The van der Waals surface area contributed by atoms with Gasteiger partial charge >= 0.3 is 29.8 Å². The third-order valence-corrected chi connectivity index (χ3v) is 4.69. The zero-order valence-electron chi connectivity index (χ0n) is 21.4. The molecule has 0 saturated carbocycles. The van der Waals surface area contributed by atoms with Crippen molar-refractivity contribution < 1.29 is 52.1 Å². The van der Waals surface area contributed by atoms with Crippen molar-refractivity contribution in [2.45, 2.75) is 40.7 Å². The van der Waals surface area contributed by atoms with Gasteiger partial charge in [-0.2, -0.15) is 0 Å². The van der Waals surface area contributed by atoms with Crippen molar-refractivity contribution in [3.8, 4) is 40.1 Å². The topological polar surface area (TPSA) is 188 Å². The summed E-state index contributed by atoms with van der Waals surface area (Å²) < 4.78 is 31.6. The molecule has 204 valence electrons. The molecule has 0 aliphatic carbocycles. The number of benzene rings is 2. The molecular weight excluding hydrogens is 518 g/mol. The maximum absolute atomic E-state index is 13.6. The molecule has 1 aromatic heterocycles. The van der Waals surface area contributed by atoms with Gasteiger partial charge in [-0.15, -0.1) is 0 Å². The summed E-state index contributed by atoms with van der Waals surface area (Å²) in [6.07, 6.45) is 0. The maximum Gasteiger partial charge on any atom is 0.328 e. The standard InChI is InChI=1S/C26H23NO12/c1-11(27)26(33)39-19-8-16(6-7-18(19)35-13(3)29)24-25(37-15(5)31)23(32)22-20(36-14(4)30)9-17(34-12(2)28)10-21(22)38-24/h6-11H,27H2,1-5H3/t11-/m1/s1. The lowest BCUT2D eigenvalue weighted by Crippen LogP contribution is -2.31. The van der Waals surface area contributed by atoms with Gasteiger partial charge in [-0.25, -0.2) is 4.79 Å². The second-order valence-electron chi connectivity index (χ2n) is 8.13. The smallest absolute Gasteiger partial charge is 0.328 e. The van der Waals surface area contributed by atoms with Gasteiger partial charge in [-0.05, 0) is 25.1 Å². The van der Waals surface area contributed by atoms with E-state index in [4.69, 9.17) is 33.8 Å². The average molecular weight is 541 g/mol. The fraction of sp³-hybridized carbons (Fsp3) is 0.231. The quantitative estimate of drug-likeness (QED) is 0.339. The van der Waals surface area contributed by atoms with E-state index < -0.39 is 47.1 Å². The molecule has 13 heteroatoms. The highest BCUT2D eigenvalue weighted by molar-refractivity contribution is 5.92. The fourth-order valence-corrected chi connectivity index (χ4v) is 3.30.